The van der Waals surface area contributed by atoms with Crippen LogP contribution in [0.1, 0.15) is 0 Å². The predicted molar refractivity (Wildman–Crippen MR) is 45.4 cm³/mol. The summed E-state index contributed by atoms with van der Waals surface area (Å²) in [5.41, 5.74) is 0.887. The van der Waals surface area contributed by atoms with Gasteiger partial charge in [-0.2, -0.15) is 4.98 Å². The van der Waals surface area contributed by atoms with Crippen molar-refractivity contribution in [2.75, 3.05) is 0 Å². The molecule has 0 atom stereocenters. The smallest absolute Gasteiger partial charge is 0.331 e. The second-order valence-electron chi connectivity index (χ2n) is 2.49. The summed E-state index contributed by atoms with van der Waals surface area (Å²) in [6.07, 6.45) is 0. The quantitative estimate of drug-likeness (QED) is 0.721. The van der Waals surface area contributed by atoms with Gasteiger partial charge in [-0.05, 0) is 12.1 Å². The Labute approximate surface area is 74.2 Å². The zero-order chi connectivity index (χ0) is 9.47. The van der Waals surface area contributed by atoms with Gasteiger partial charge in [0.25, 0.3) is 10.0 Å². The van der Waals surface area contributed by atoms with Crippen LogP contribution >= 0.6 is 0 Å². The van der Waals surface area contributed by atoms with Crippen molar-refractivity contribution in [2.45, 2.75) is 5.22 Å². The molecule has 1 heterocycles. The van der Waals surface area contributed by atoms with E-state index in [9.17, 15) is 8.42 Å². The van der Waals surface area contributed by atoms with Gasteiger partial charge in [0.1, 0.15) is 5.52 Å². The number of benzene rings is 1. The Kier molecular flexibility index (Phi) is 1.61. The molecule has 0 spiro atoms. The third-order valence-electron chi connectivity index (χ3n) is 1.52. The van der Waals surface area contributed by atoms with Crippen LogP contribution in [0.3, 0.4) is 0 Å². The molecule has 1 aromatic heterocycles. The molecule has 5 nitrogen and oxygen atoms in total. The van der Waals surface area contributed by atoms with Crippen molar-refractivity contribution in [1.82, 2.24) is 4.98 Å². The van der Waals surface area contributed by atoms with Gasteiger partial charge in [-0.3, -0.25) is 0 Å². The summed E-state index contributed by atoms with van der Waals surface area (Å²) < 4.78 is 26.6. The van der Waals surface area contributed by atoms with Crippen LogP contribution in [-0.2, 0) is 10.0 Å². The average Bonchev–Trinajstić information content (AvgIpc) is 2.45. The van der Waals surface area contributed by atoms with Crippen LogP contribution in [0, 0.1) is 0 Å². The van der Waals surface area contributed by atoms with Crippen molar-refractivity contribution >= 4 is 21.1 Å². The number of rotatable bonds is 1. The standard InChI is InChI=1S/C7H6N2O3S/c8-13(10,11)7-9-5-3-1-2-4-6(5)12-7/h1-4H,(H2,8,10,11). The van der Waals surface area contributed by atoms with Crippen LogP contribution in [-0.4, -0.2) is 13.4 Å². The number of hydrogen-bond acceptors (Lipinski definition) is 4. The first kappa shape index (κ1) is 8.21. The van der Waals surface area contributed by atoms with Crippen molar-refractivity contribution in [1.29, 1.82) is 0 Å². The number of primary sulfonamides is 1. The van der Waals surface area contributed by atoms with Crippen LogP contribution in [0.25, 0.3) is 11.1 Å². The van der Waals surface area contributed by atoms with E-state index in [0.29, 0.717) is 11.1 Å². The Balaban J connectivity index is 2.77. The minimum Gasteiger partial charge on any atom is -0.427 e. The van der Waals surface area contributed by atoms with Crippen molar-refractivity contribution < 1.29 is 12.8 Å². The number of para-hydroxylation sites is 2. The third kappa shape index (κ3) is 1.41. The van der Waals surface area contributed by atoms with Crippen LogP contribution in [0.5, 0.6) is 0 Å². The molecule has 0 unspecified atom stereocenters. The lowest BCUT2D eigenvalue weighted by molar-refractivity contribution is 0.459. The van der Waals surface area contributed by atoms with E-state index in [0.717, 1.165) is 0 Å². The van der Waals surface area contributed by atoms with Gasteiger partial charge in [0, 0.05) is 0 Å². The van der Waals surface area contributed by atoms with Gasteiger partial charge in [-0.25, -0.2) is 13.6 Å². The van der Waals surface area contributed by atoms with Crippen LogP contribution < -0.4 is 5.14 Å². The molecule has 2 rings (SSSR count). The minimum absolute atomic E-state index is 0.409. The summed E-state index contributed by atoms with van der Waals surface area (Å²) in [4.78, 5) is 3.70. The molecule has 0 fully saturated rings. The van der Waals surface area contributed by atoms with E-state index in [-0.39, 0.29) is 0 Å². The van der Waals surface area contributed by atoms with Gasteiger partial charge in [-0.15, -0.1) is 0 Å². The van der Waals surface area contributed by atoms with Gasteiger partial charge in [0.05, 0.1) is 0 Å². The first-order chi connectivity index (χ1) is 6.07. The molecule has 0 bridgehead atoms. The Morgan fingerprint density at radius 1 is 1.31 bits per heavy atom. The second kappa shape index (κ2) is 2.54. The van der Waals surface area contributed by atoms with E-state index in [4.69, 9.17) is 9.56 Å². The van der Waals surface area contributed by atoms with E-state index in [1.54, 1.807) is 24.3 Å². The zero-order valence-corrected chi connectivity index (χ0v) is 7.28. The summed E-state index contributed by atoms with van der Waals surface area (Å²) in [5, 5.41) is 4.39. The lowest BCUT2D eigenvalue weighted by Crippen LogP contribution is -2.12. The average molecular weight is 198 g/mol. The zero-order valence-electron chi connectivity index (χ0n) is 6.47. The molecule has 68 valence electrons. The molecule has 2 N–H and O–H groups in total. The van der Waals surface area contributed by atoms with Crippen LogP contribution in [0.4, 0.5) is 0 Å². The molecule has 0 aliphatic carbocycles. The molecule has 0 saturated carbocycles. The Bertz CT molecular complexity index is 511. The highest BCUT2D eigenvalue weighted by Gasteiger charge is 2.15. The minimum atomic E-state index is -3.84. The molecular weight excluding hydrogens is 192 g/mol. The number of aromatic nitrogens is 1. The van der Waals surface area contributed by atoms with Crippen molar-refractivity contribution in [2.24, 2.45) is 5.14 Å². The SMILES string of the molecule is NS(=O)(=O)c1nc2ccccc2o1. The van der Waals surface area contributed by atoms with Crippen LogP contribution in [0.2, 0.25) is 0 Å². The number of hydrogen-bond donors (Lipinski definition) is 1. The van der Waals surface area contributed by atoms with Crippen molar-refractivity contribution in [3.05, 3.63) is 24.3 Å². The fourth-order valence-electron chi connectivity index (χ4n) is 0.973. The predicted octanol–water partition coefficient (Wildman–Crippen LogP) is 0.475. The van der Waals surface area contributed by atoms with Gasteiger partial charge in [-0.1, -0.05) is 12.1 Å². The second-order valence-corrected chi connectivity index (χ2v) is 3.93. The van der Waals surface area contributed by atoms with Crippen LogP contribution in [0.15, 0.2) is 33.9 Å². The number of oxazole rings is 1. The molecule has 0 aliphatic rings. The van der Waals surface area contributed by atoms with E-state index in [1.807, 2.05) is 0 Å². The summed E-state index contributed by atoms with van der Waals surface area (Å²) in [5.74, 6) is 0. The molecule has 2 aromatic rings. The van der Waals surface area contributed by atoms with Gasteiger partial charge in [0.2, 0.25) is 0 Å². The van der Waals surface area contributed by atoms with E-state index < -0.39 is 15.2 Å². The maximum Gasteiger partial charge on any atom is 0.331 e. The lowest BCUT2D eigenvalue weighted by atomic mass is 10.3. The molecule has 13 heavy (non-hydrogen) atoms. The van der Waals surface area contributed by atoms with Crippen molar-refractivity contribution in [3.63, 3.8) is 0 Å². The molecule has 0 amide bonds. The first-order valence-electron chi connectivity index (χ1n) is 3.46. The largest absolute Gasteiger partial charge is 0.427 e. The van der Waals surface area contributed by atoms with Gasteiger partial charge >= 0.3 is 5.22 Å². The van der Waals surface area contributed by atoms with E-state index >= 15 is 0 Å². The highest BCUT2D eigenvalue weighted by molar-refractivity contribution is 7.88. The Hall–Kier alpha value is -1.40. The number of fused-ring (bicyclic) bond motifs is 1. The number of sulfonamides is 1. The molecule has 0 aliphatic heterocycles. The maximum absolute atomic E-state index is 10.8. The molecular formula is C7H6N2O3S. The lowest BCUT2D eigenvalue weighted by Gasteiger charge is -1.85. The fraction of sp³-hybridized carbons (Fsp3) is 0. The third-order valence-corrected chi connectivity index (χ3v) is 2.18. The number of nitrogens with zero attached hydrogens (tertiary/aromatic N) is 1. The molecule has 0 saturated heterocycles. The summed E-state index contributed by atoms with van der Waals surface area (Å²) >= 11 is 0. The van der Waals surface area contributed by atoms with Gasteiger partial charge in [0.15, 0.2) is 5.58 Å². The molecule has 1 aromatic carbocycles. The van der Waals surface area contributed by atoms with E-state index in [1.165, 1.54) is 0 Å². The summed E-state index contributed by atoms with van der Waals surface area (Å²) in [7, 11) is -3.84. The van der Waals surface area contributed by atoms with E-state index in [2.05, 4.69) is 4.98 Å². The highest BCUT2D eigenvalue weighted by Crippen LogP contribution is 2.16. The highest BCUT2D eigenvalue weighted by atomic mass is 32.2. The van der Waals surface area contributed by atoms with Crippen molar-refractivity contribution in [3.8, 4) is 0 Å². The fourth-order valence-corrected chi connectivity index (χ4v) is 1.40. The normalized spacial score (nSPS) is 12.1. The van der Waals surface area contributed by atoms with Gasteiger partial charge < -0.3 is 4.42 Å². The topological polar surface area (TPSA) is 86.2 Å². The number of nitrogens with two attached hydrogens (primary N) is 1. The first-order valence-corrected chi connectivity index (χ1v) is 5.00. The Morgan fingerprint density at radius 3 is 2.62 bits per heavy atom. The monoisotopic (exact) mass is 198 g/mol. The molecule has 6 heteroatoms. The molecule has 0 radical (unpaired) electrons. The summed E-state index contributed by atoms with van der Waals surface area (Å²) in [6.45, 7) is 0. The maximum atomic E-state index is 10.8. The Morgan fingerprint density at radius 2 is 2.00 bits per heavy atom. The summed E-state index contributed by atoms with van der Waals surface area (Å²) in [6, 6.07) is 6.72.